The van der Waals surface area contributed by atoms with Crippen LogP contribution in [0, 0.1) is 17.3 Å². The van der Waals surface area contributed by atoms with Crippen LogP contribution in [0.5, 0.6) is 0 Å². The molecule has 0 aliphatic rings. The van der Waals surface area contributed by atoms with E-state index in [1.165, 1.54) is 6.26 Å². The first-order chi connectivity index (χ1) is 8.56. The monoisotopic (exact) mass is 257 g/mol. The summed E-state index contributed by atoms with van der Waals surface area (Å²) in [6.07, 6.45) is 1.74. The molecule has 0 saturated carbocycles. The van der Waals surface area contributed by atoms with E-state index in [1.54, 1.807) is 0 Å². The number of aromatic amines is 1. The molecule has 8 nitrogen and oxygen atoms in total. The quantitative estimate of drug-likeness (QED) is 0.414. The van der Waals surface area contributed by atoms with Crippen LogP contribution in [0.1, 0.15) is 6.42 Å². The minimum atomic E-state index is -1.19. The molecule has 96 valence electrons. The molecule has 1 heterocycles. The van der Waals surface area contributed by atoms with Crippen molar-refractivity contribution in [3.63, 3.8) is 0 Å². The number of carbonyl (C=O) groups excluding carboxylic acids is 1. The fourth-order valence-corrected chi connectivity index (χ4v) is 0.992. The van der Waals surface area contributed by atoms with Crippen LogP contribution in [0.4, 0.5) is 4.39 Å². The fraction of sp³-hybridized carbons (Fsp3) is 0.333. The first kappa shape index (κ1) is 13.4. The minimum Gasteiger partial charge on any atom is -0.443 e. The molecule has 0 aromatic carbocycles. The Hall–Kier alpha value is -2.63. The molecular weight excluding hydrogens is 249 g/mol. The maximum absolute atomic E-state index is 12.8. The third-order valence-corrected chi connectivity index (χ3v) is 1.84. The molecule has 18 heavy (non-hydrogen) atoms. The number of rotatable bonds is 5. The highest BCUT2D eigenvalue weighted by Gasteiger charge is 2.09. The number of nitrogens with one attached hydrogen (secondary N) is 1. The molecule has 1 aromatic heterocycles. The van der Waals surface area contributed by atoms with E-state index in [9.17, 15) is 18.8 Å². The van der Waals surface area contributed by atoms with E-state index in [2.05, 4.69) is 9.47 Å². The summed E-state index contributed by atoms with van der Waals surface area (Å²) in [5.41, 5.74) is -2.10. The summed E-state index contributed by atoms with van der Waals surface area (Å²) >= 11 is 0. The number of carbonyl (C=O) groups is 1. The van der Waals surface area contributed by atoms with Gasteiger partial charge in [0, 0.05) is 6.20 Å². The molecule has 1 rings (SSSR count). The van der Waals surface area contributed by atoms with Crippen molar-refractivity contribution in [3.8, 4) is 6.26 Å². The van der Waals surface area contributed by atoms with Crippen molar-refractivity contribution in [3.05, 3.63) is 32.9 Å². The maximum atomic E-state index is 12.8. The Labute approximate surface area is 99.2 Å². The lowest BCUT2D eigenvalue weighted by molar-refractivity contribution is -0.148. The van der Waals surface area contributed by atoms with Gasteiger partial charge in [-0.3, -0.25) is 9.59 Å². The predicted molar refractivity (Wildman–Crippen MR) is 53.6 cm³/mol. The normalized spacial score (nSPS) is 9.56. The van der Waals surface area contributed by atoms with Crippen molar-refractivity contribution in [2.45, 2.75) is 13.2 Å². The summed E-state index contributed by atoms with van der Waals surface area (Å²) in [5, 5.41) is 8.03. The number of aromatic nitrogens is 2. The lowest BCUT2D eigenvalue weighted by Gasteiger charge is -2.05. The van der Waals surface area contributed by atoms with Crippen LogP contribution < -0.4 is 11.2 Å². The van der Waals surface area contributed by atoms with Crippen LogP contribution in [0.15, 0.2) is 15.8 Å². The summed E-state index contributed by atoms with van der Waals surface area (Å²) in [6, 6.07) is 0. The molecule has 0 radical (unpaired) electrons. The lowest BCUT2D eigenvalue weighted by atomic mass is 10.5. The first-order valence-electron chi connectivity index (χ1n) is 4.70. The fourth-order valence-electron chi connectivity index (χ4n) is 0.992. The zero-order valence-corrected chi connectivity index (χ0v) is 9.01. The molecule has 9 heteroatoms. The Balaban J connectivity index is 2.62. The Kier molecular flexibility index (Phi) is 4.62. The molecule has 0 amide bonds. The third kappa shape index (κ3) is 3.44. The van der Waals surface area contributed by atoms with Gasteiger partial charge < -0.3 is 14.5 Å². The van der Waals surface area contributed by atoms with Crippen LogP contribution in [0.3, 0.4) is 0 Å². The molecule has 0 bridgehead atoms. The number of esters is 1. The number of hydrogen-bond acceptors (Lipinski definition) is 6. The van der Waals surface area contributed by atoms with Crippen LogP contribution >= 0.6 is 0 Å². The van der Waals surface area contributed by atoms with Crippen molar-refractivity contribution in [1.82, 2.24) is 9.55 Å². The van der Waals surface area contributed by atoms with Crippen molar-refractivity contribution in [1.29, 1.82) is 5.26 Å². The maximum Gasteiger partial charge on any atom is 0.331 e. The molecule has 0 saturated heterocycles. The smallest absolute Gasteiger partial charge is 0.331 e. The van der Waals surface area contributed by atoms with E-state index in [4.69, 9.17) is 5.26 Å². The van der Waals surface area contributed by atoms with Gasteiger partial charge in [0.25, 0.3) is 11.8 Å². The van der Waals surface area contributed by atoms with Crippen molar-refractivity contribution >= 4 is 5.97 Å². The van der Waals surface area contributed by atoms with Crippen LogP contribution in [0.2, 0.25) is 0 Å². The zero-order chi connectivity index (χ0) is 13.5. The van der Waals surface area contributed by atoms with Crippen molar-refractivity contribution < 1.29 is 18.7 Å². The van der Waals surface area contributed by atoms with Crippen molar-refractivity contribution in [2.75, 3.05) is 6.61 Å². The molecule has 0 fully saturated rings. The largest absolute Gasteiger partial charge is 0.443 e. The Bertz CT molecular complexity index is 585. The van der Waals surface area contributed by atoms with Crippen LogP contribution in [-0.4, -0.2) is 22.1 Å². The highest BCUT2D eigenvalue weighted by molar-refractivity contribution is 5.69. The number of ether oxygens (including phenoxy) is 2. The minimum absolute atomic E-state index is 0.177. The van der Waals surface area contributed by atoms with Gasteiger partial charge in [0.15, 0.2) is 6.73 Å². The number of hydrogen-bond donors (Lipinski definition) is 1. The second-order valence-corrected chi connectivity index (χ2v) is 3.01. The lowest BCUT2D eigenvalue weighted by Crippen LogP contribution is -2.37. The number of nitriles is 1. The number of H-pyrrole nitrogens is 1. The van der Waals surface area contributed by atoms with E-state index in [0.29, 0.717) is 10.8 Å². The van der Waals surface area contributed by atoms with E-state index in [1.807, 2.05) is 4.98 Å². The molecule has 0 spiro atoms. The number of halogens is 1. The molecule has 0 unspecified atom stereocenters. The average Bonchev–Trinajstić information content (AvgIpc) is 2.34. The van der Waals surface area contributed by atoms with E-state index >= 15 is 0 Å². The highest BCUT2D eigenvalue weighted by Crippen LogP contribution is 1.89. The summed E-state index contributed by atoms with van der Waals surface area (Å²) in [5.74, 6) is -1.96. The zero-order valence-electron chi connectivity index (χ0n) is 9.01. The van der Waals surface area contributed by atoms with Gasteiger partial charge in [-0.2, -0.15) is 9.65 Å². The highest BCUT2D eigenvalue weighted by atomic mass is 19.1. The summed E-state index contributed by atoms with van der Waals surface area (Å²) in [6.45, 7) is -0.888. The Morgan fingerprint density at radius 1 is 1.56 bits per heavy atom. The molecule has 0 aliphatic heterocycles. The molecule has 1 N–H and O–H groups in total. The van der Waals surface area contributed by atoms with E-state index in [0.717, 1.165) is 0 Å². The standard InChI is InChI=1S/C9H8FN3O5/c10-6-3-12-9(16)13(8(6)15)5-18-7(14)1-2-17-4-11/h3H,1-2,5H2,(H,12,16). The van der Waals surface area contributed by atoms with Crippen molar-refractivity contribution in [2.24, 2.45) is 0 Å². The third-order valence-electron chi connectivity index (χ3n) is 1.84. The van der Waals surface area contributed by atoms with Crippen LogP contribution in [-0.2, 0) is 21.0 Å². The Morgan fingerprint density at radius 3 is 2.94 bits per heavy atom. The summed E-state index contributed by atoms with van der Waals surface area (Å²) in [7, 11) is 0. The molecular formula is C9H8FN3O5. The topological polar surface area (TPSA) is 114 Å². The first-order valence-corrected chi connectivity index (χ1v) is 4.70. The van der Waals surface area contributed by atoms with Gasteiger partial charge in [-0.1, -0.05) is 0 Å². The second-order valence-electron chi connectivity index (χ2n) is 3.01. The summed E-state index contributed by atoms with van der Waals surface area (Å²) in [4.78, 5) is 35.3. The Morgan fingerprint density at radius 2 is 2.28 bits per heavy atom. The molecule has 0 aliphatic carbocycles. The van der Waals surface area contributed by atoms with Gasteiger partial charge in [-0.05, 0) is 0 Å². The SMILES string of the molecule is N#COCCC(=O)OCn1c(=O)[nH]cc(F)c1=O. The number of nitrogens with zero attached hydrogens (tertiary/aromatic N) is 2. The molecule has 1 aromatic rings. The summed E-state index contributed by atoms with van der Waals surface area (Å²) < 4.78 is 22.0. The van der Waals surface area contributed by atoms with Gasteiger partial charge >= 0.3 is 11.7 Å². The van der Waals surface area contributed by atoms with Gasteiger partial charge in [0.05, 0.1) is 6.42 Å². The van der Waals surface area contributed by atoms with Gasteiger partial charge in [-0.15, -0.1) is 0 Å². The van der Waals surface area contributed by atoms with E-state index < -0.39 is 29.8 Å². The van der Waals surface area contributed by atoms with Gasteiger partial charge in [0.2, 0.25) is 5.82 Å². The van der Waals surface area contributed by atoms with Gasteiger partial charge in [-0.25, -0.2) is 9.36 Å². The van der Waals surface area contributed by atoms with E-state index in [-0.39, 0.29) is 13.0 Å². The molecule has 0 atom stereocenters. The van der Waals surface area contributed by atoms with Crippen LogP contribution in [0.25, 0.3) is 0 Å². The predicted octanol–water partition coefficient (Wildman–Crippen LogP) is -0.936. The average molecular weight is 257 g/mol. The second kappa shape index (κ2) is 6.19. The van der Waals surface area contributed by atoms with Gasteiger partial charge in [0.1, 0.15) is 6.61 Å².